The number of aromatic nitrogens is 2. The van der Waals surface area contributed by atoms with Crippen molar-refractivity contribution in [3.8, 4) is 0 Å². The Morgan fingerprint density at radius 1 is 1.40 bits per heavy atom. The number of rotatable bonds is 1. The van der Waals surface area contributed by atoms with Crippen molar-refractivity contribution in [3.63, 3.8) is 0 Å². The molecule has 1 saturated heterocycles. The Balaban J connectivity index is 2.25. The molecule has 0 amide bonds. The van der Waals surface area contributed by atoms with Crippen molar-refractivity contribution < 1.29 is 4.74 Å². The number of nitrogen functional groups attached to an aromatic ring is 1. The number of morpholine rings is 1. The average Bonchev–Trinajstić information content (AvgIpc) is 2.23. The second-order valence-electron chi connectivity index (χ2n) is 3.91. The largest absolute Gasteiger partial charge is 0.381 e. The summed E-state index contributed by atoms with van der Waals surface area (Å²) in [5.74, 6) is 1.25. The normalized spacial score (nSPS) is 26.7. The maximum Gasteiger partial charge on any atom is 0.171 e. The lowest BCUT2D eigenvalue weighted by Gasteiger charge is -2.37. The minimum atomic E-state index is 0.211. The van der Waals surface area contributed by atoms with Crippen LogP contribution < -0.4 is 10.6 Å². The molecule has 5 heteroatoms. The summed E-state index contributed by atoms with van der Waals surface area (Å²) >= 11 is 0. The maximum absolute atomic E-state index is 5.80. The third-order valence-electron chi connectivity index (χ3n) is 2.59. The van der Waals surface area contributed by atoms with Gasteiger partial charge < -0.3 is 15.4 Å². The van der Waals surface area contributed by atoms with Gasteiger partial charge in [-0.2, -0.15) is 0 Å². The van der Waals surface area contributed by atoms with Gasteiger partial charge in [-0.1, -0.05) is 0 Å². The summed E-state index contributed by atoms with van der Waals surface area (Å²) in [4.78, 5) is 10.5. The van der Waals surface area contributed by atoms with E-state index in [9.17, 15) is 0 Å². The third-order valence-corrected chi connectivity index (χ3v) is 2.59. The monoisotopic (exact) mass is 208 g/mol. The highest BCUT2D eigenvalue weighted by Crippen LogP contribution is 2.22. The molecule has 5 nitrogen and oxygen atoms in total. The minimum Gasteiger partial charge on any atom is -0.381 e. The Kier molecular flexibility index (Phi) is 2.73. The van der Waals surface area contributed by atoms with Gasteiger partial charge in [0.1, 0.15) is 0 Å². The van der Waals surface area contributed by atoms with Crippen LogP contribution in [0.1, 0.15) is 13.8 Å². The first-order chi connectivity index (χ1) is 7.18. The molecule has 2 atom stereocenters. The van der Waals surface area contributed by atoms with Crippen molar-refractivity contribution in [2.45, 2.75) is 26.0 Å². The zero-order valence-corrected chi connectivity index (χ0v) is 9.05. The molecule has 0 spiro atoms. The first kappa shape index (κ1) is 10.2. The molecule has 15 heavy (non-hydrogen) atoms. The van der Waals surface area contributed by atoms with E-state index in [1.807, 2.05) is 6.92 Å². The van der Waals surface area contributed by atoms with Crippen molar-refractivity contribution in [2.75, 3.05) is 23.8 Å². The van der Waals surface area contributed by atoms with E-state index in [-0.39, 0.29) is 6.10 Å². The van der Waals surface area contributed by atoms with Gasteiger partial charge in [-0.3, -0.25) is 0 Å². The molecule has 0 radical (unpaired) electrons. The van der Waals surface area contributed by atoms with Gasteiger partial charge in [0, 0.05) is 18.9 Å². The van der Waals surface area contributed by atoms with Crippen LogP contribution >= 0.6 is 0 Å². The predicted octanol–water partition coefficient (Wildman–Crippen LogP) is 0.672. The molecule has 2 heterocycles. The molecule has 82 valence electrons. The van der Waals surface area contributed by atoms with Gasteiger partial charge in [0.05, 0.1) is 18.8 Å². The smallest absolute Gasteiger partial charge is 0.171 e. The second-order valence-corrected chi connectivity index (χ2v) is 3.91. The fourth-order valence-electron chi connectivity index (χ4n) is 1.76. The highest BCUT2D eigenvalue weighted by Gasteiger charge is 2.25. The molecule has 2 unspecified atom stereocenters. The predicted molar refractivity (Wildman–Crippen MR) is 58.7 cm³/mol. The summed E-state index contributed by atoms with van der Waals surface area (Å²) in [7, 11) is 0. The molecule has 0 aliphatic carbocycles. The van der Waals surface area contributed by atoms with E-state index in [2.05, 4.69) is 21.8 Å². The number of nitrogens with zero attached hydrogens (tertiary/aromatic N) is 3. The first-order valence-electron chi connectivity index (χ1n) is 5.13. The van der Waals surface area contributed by atoms with Crippen molar-refractivity contribution in [2.24, 2.45) is 0 Å². The Labute approximate surface area is 89.3 Å². The zero-order valence-electron chi connectivity index (χ0n) is 9.05. The van der Waals surface area contributed by atoms with Crippen LogP contribution in [0.25, 0.3) is 0 Å². The van der Waals surface area contributed by atoms with E-state index in [4.69, 9.17) is 10.5 Å². The zero-order chi connectivity index (χ0) is 10.8. The average molecular weight is 208 g/mol. The molecular weight excluding hydrogens is 192 g/mol. The lowest BCUT2D eigenvalue weighted by Crippen LogP contribution is -2.48. The molecule has 2 N–H and O–H groups in total. The second kappa shape index (κ2) is 4.02. The summed E-state index contributed by atoms with van der Waals surface area (Å²) in [5.41, 5.74) is 5.80. The van der Waals surface area contributed by atoms with Crippen molar-refractivity contribution >= 4 is 11.6 Å². The number of ether oxygens (including phenoxy) is 1. The molecule has 1 fully saturated rings. The number of hydrogen-bond donors (Lipinski definition) is 1. The van der Waals surface area contributed by atoms with Crippen LogP contribution in [-0.4, -0.2) is 35.3 Å². The van der Waals surface area contributed by atoms with Crippen LogP contribution in [0.15, 0.2) is 12.4 Å². The molecule has 1 aliphatic heterocycles. The van der Waals surface area contributed by atoms with E-state index in [0.29, 0.717) is 18.5 Å². The van der Waals surface area contributed by atoms with Crippen molar-refractivity contribution in [3.05, 3.63) is 12.4 Å². The standard InChI is InChI=1S/C10H16N4O/c1-7-6-15-8(2)5-14(7)10-9(11)12-3-4-13-10/h3-4,7-8H,5-6H2,1-2H3,(H2,11,12). The summed E-state index contributed by atoms with van der Waals surface area (Å²) in [6.45, 7) is 5.66. The van der Waals surface area contributed by atoms with Gasteiger partial charge in [0.25, 0.3) is 0 Å². The first-order valence-corrected chi connectivity index (χ1v) is 5.13. The van der Waals surface area contributed by atoms with Crippen LogP contribution in [-0.2, 0) is 4.74 Å². The Bertz CT molecular complexity index is 344. The Morgan fingerprint density at radius 3 is 2.87 bits per heavy atom. The van der Waals surface area contributed by atoms with E-state index in [1.54, 1.807) is 12.4 Å². The highest BCUT2D eigenvalue weighted by atomic mass is 16.5. The summed E-state index contributed by atoms with van der Waals surface area (Å²) < 4.78 is 5.55. The van der Waals surface area contributed by atoms with Gasteiger partial charge in [0.2, 0.25) is 0 Å². The van der Waals surface area contributed by atoms with Crippen LogP contribution in [0.2, 0.25) is 0 Å². The van der Waals surface area contributed by atoms with Crippen LogP contribution in [0.4, 0.5) is 11.6 Å². The minimum absolute atomic E-state index is 0.211. The molecule has 0 aromatic carbocycles. The van der Waals surface area contributed by atoms with Gasteiger partial charge in [-0.25, -0.2) is 9.97 Å². The maximum atomic E-state index is 5.80. The highest BCUT2D eigenvalue weighted by molar-refractivity contribution is 5.58. The van der Waals surface area contributed by atoms with Crippen LogP contribution in [0, 0.1) is 0 Å². The lowest BCUT2D eigenvalue weighted by molar-refractivity contribution is 0.0341. The molecule has 2 rings (SSSR count). The third kappa shape index (κ3) is 2.02. The van der Waals surface area contributed by atoms with E-state index < -0.39 is 0 Å². The summed E-state index contributed by atoms with van der Waals surface area (Å²) in [6.07, 6.45) is 3.48. The van der Waals surface area contributed by atoms with Gasteiger partial charge in [-0.15, -0.1) is 0 Å². The van der Waals surface area contributed by atoms with E-state index in [1.165, 1.54) is 0 Å². The SMILES string of the molecule is CC1CN(c2nccnc2N)C(C)CO1. The topological polar surface area (TPSA) is 64.3 Å². The summed E-state index contributed by atoms with van der Waals surface area (Å²) in [5, 5.41) is 0. The van der Waals surface area contributed by atoms with Crippen molar-refractivity contribution in [1.29, 1.82) is 0 Å². The van der Waals surface area contributed by atoms with Gasteiger partial charge in [-0.05, 0) is 13.8 Å². The lowest BCUT2D eigenvalue weighted by atomic mass is 10.2. The molecule has 1 aliphatic rings. The Hall–Kier alpha value is -1.36. The quantitative estimate of drug-likeness (QED) is 0.735. The fourth-order valence-corrected chi connectivity index (χ4v) is 1.76. The molecular formula is C10H16N4O. The number of anilines is 2. The summed E-state index contributed by atoms with van der Waals surface area (Å²) in [6, 6.07) is 0.292. The van der Waals surface area contributed by atoms with E-state index >= 15 is 0 Å². The fraction of sp³-hybridized carbons (Fsp3) is 0.600. The van der Waals surface area contributed by atoms with Crippen LogP contribution in [0.3, 0.4) is 0 Å². The molecule has 1 aromatic heterocycles. The van der Waals surface area contributed by atoms with Gasteiger partial charge in [0.15, 0.2) is 11.6 Å². The van der Waals surface area contributed by atoms with Crippen molar-refractivity contribution in [1.82, 2.24) is 9.97 Å². The van der Waals surface area contributed by atoms with Gasteiger partial charge >= 0.3 is 0 Å². The van der Waals surface area contributed by atoms with E-state index in [0.717, 1.165) is 12.4 Å². The number of hydrogen-bond acceptors (Lipinski definition) is 5. The van der Waals surface area contributed by atoms with Crippen LogP contribution in [0.5, 0.6) is 0 Å². The molecule has 1 aromatic rings. The number of nitrogens with two attached hydrogens (primary N) is 1. The molecule has 0 bridgehead atoms. The Morgan fingerprint density at radius 2 is 2.13 bits per heavy atom. The molecule has 0 saturated carbocycles.